The Bertz CT molecular complexity index is 246. The first-order valence-electron chi connectivity index (χ1n) is 9.48. The quantitative estimate of drug-likeness (QED) is 0.250. The second kappa shape index (κ2) is 26.4. The largest absolute Gasteiger partial charge is 1.00 e. The van der Waals surface area contributed by atoms with Crippen LogP contribution >= 0.6 is 0 Å². The summed E-state index contributed by atoms with van der Waals surface area (Å²) >= 11 is 0. The molecule has 7 nitrogen and oxygen atoms in total. The number of hydrogen-bond donors (Lipinski definition) is 0. The maximum absolute atomic E-state index is 5.72. The van der Waals surface area contributed by atoms with E-state index in [0.29, 0.717) is 72.2 Å². The maximum atomic E-state index is 5.72. The van der Waals surface area contributed by atoms with Crippen LogP contribution in [0.5, 0.6) is 0 Å². The molecule has 1 heterocycles. The minimum Gasteiger partial charge on any atom is -0.662 e. The molecular formula is C18H38KNO6. The molecule has 0 bridgehead atoms. The van der Waals surface area contributed by atoms with Crippen molar-refractivity contribution in [2.24, 2.45) is 0 Å². The molecule has 0 spiro atoms. The third-order valence-electron chi connectivity index (χ3n) is 3.35. The molecule has 0 N–H and O–H groups in total. The van der Waals surface area contributed by atoms with Crippen molar-refractivity contribution in [1.29, 1.82) is 0 Å². The van der Waals surface area contributed by atoms with Gasteiger partial charge in [0.15, 0.2) is 0 Å². The van der Waals surface area contributed by atoms with Crippen LogP contribution in [0, 0.1) is 0 Å². The standard InChI is InChI=1S/C16H32NO6.C2H6.K/c1-18-6-7-19-8-9-20-10-11-21-12-13-22-14-15-23-16-2-4-17-5-3-16;1-2;/h16H,2-15H2,1H3;1-2H3;/q-1;;+1. The summed E-state index contributed by atoms with van der Waals surface area (Å²) in [5.41, 5.74) is 0. The van der Waals surface area contributed by atoms with Crippen LogP contribution in [0.2, 0.25) is 0 Å². The summed E-state index contributed by atoms with van der Waals surface area (Å²) in [6.07, 6.45) is 2.45. The molecule has 1 fully saturated rings. The summed E-state index contributed by atoms with van der Waals surface area (Å²) in [5.74, 6) is 0. The van der Waals surface area contributed by atoms with Crippen molar-refractivity contribution >= 4 is 0 Å². The minimum atomic E-state index is 0. The summed E-state index contributed by atoms with van der Waals surface area (Å²) in [4.78, 5) is 0. The van der Waals surface area contributed by atoms with E-state index in [9.17, 15) is 0 Å². The molecule has 1 saturated heterocycles. The molecule has 1 aliphatic heterocycles. The van der Waals surface area contributed by atoms with E-state index < -0.39 is 0 Å². The average molecular weight is 404 g/mol. The fourth-order valence-corrected chi connectivity index (χ4v) is 2.07. The monoisotopic (exact) mass is 403 g/mol. The Hall–Kier alpha value is 1.36. The van der Waals surface area contributed by atoms with Crippen molar-refractivity contribution in [1.82, 2.24) is 0 Å². The molecule has 26 heavy (non-hydrogen) atoms. The van der Waals surface area contributed by atoms with Gasteiger partial charge in [0.05, 0.1) is 72.2 Å². The molecule has 0 aliphatic carbocycles. The van der Waals surface area contributed by atoms with Crippen LogP contribution in [-0.4, -0.2) is 92.4 Å². The first kappa shape index (κ1) is 29.6. The van der Waals surface area contributed by atoms with Gasteiger partial charge < -0.3 is 33.7 Å². The van der Waals surface area contributed by atoms with Gasteiger partial charge in [-0.05, 0) is 12.8 Å². The molecule has 0 aromatic heterocycles. The van der Waals surface area contributed by atoms with Crippen LogP contribution in [0.15, 0.2) is 0 Å². The van der Waals surface area contributed by atoms with E-state index in [0.717, 1.165) is 25.9 Å². The van der Waals surface area contributed by atoms with Crippen molar-refractivity contribution in [3.05, 3.63) is 5.32 Å². The number of rotatable bonds is 16. The summed E-state index contributed by atoms with van der Waals surface area (Å²) in [6.45, 7) is 11.8. The fourth-order valence-electron chi connectivity index (χ4n) is 2.07. The number of nitrogens with zero attached hydrogens (tertiary/aromatic N) is 1. The number of piperidine rings is 1. The fraction of sp³-hybridized carbons (Fsp3) is 1.00. The first-order chi connectivity index (χ1) is 12.4. The Balaban J connectivity index is 0. The normalized spacial score (nSPS) is 14.4. The van der Waals surface area contributed by atoms with Crippen LogP contribution in [0.1, 0.15) is 26.7 Å². The molecule has 0 aromatic rings. The van der Waals surface area contributed by atoms with Crippen LogP contribution < -0.4 is 51.4 Å². The van der Waals surface area contributed by atoms with E-state index in [2.05, 4.69) is 5.32 Å². The van der Waals surface area contributed by atoms with Crippen molar-refractivity contribution in [2.75, 3.05) is 86.3 Å². The first-order valence-corrected chi connectivity index (χ1v) is 9.48. The molecule has 0 atom stereocenters. The Morgan fingerprint density at radius 1 is 0.654 bits per heavy atom. The van der Waals surface area contributed by atoms with Crippen molar-refractivity contribution in [3.8, 4) is 0 Å². The van der Waals surface area contributed by atoms with E-state index in [1.807, 2.05) is 13.8 Å². The third kappa shape index (κ3) is 21.7. The van der Waals surface area contributed by atoms with Crippen molar-refractivity contribution in [2.45, 2.75) is 32.8 Å². The van der Waals surface area contributed by atoms with Gasteiger partial charge in [-0.1, -0.05) is 13.8 Å². The van der Waals surface area contributed by atoms with Crippen LogP contribution in [0.25, 0.3) is 5.32 Å². The van der Waals surface area contributed by atoms with Gasteiger partial charge >= 0.3 is 51.4 Å². The van der Waals surface area contributed by atoms with Crippen LogP contribution in [-0.2, 0) is 28.4 Å². The number of methoxy groups -OCH3 is 1. The molecule has 1 aliphatic rings. The molecule has 0 saturated carbocycles. The second-order valence-corrected chi connectivity index (χ2v) is 5.18. The molecule has 0 aromatic carbocycles. The van der Waals surface area contributed by atoms with Gasteiger partial charge in [0, 0.05) is 7.11 Å². The van der Waals surface area contributed by atoms with Crippen molar-refractivity contribution in [3.63, 3.8) is 0 Å². The van der Waals surface area contributed by atoms with Gasteiger partial charge in [-0.2, -0.15) is 0 Å². The van der Waals surface area contributed by atoms with Crippen LogP contribution in [0.3, 0.4) is 0 Å². The van der Waals surface area contributed by atoms with E-state index in [-0.39, 0.29) is 51.4 Å². The van der Waals surface area contributed by atoms with Crippen LogP contribution in [0.4, 0.5) is 0 Å². The molecule has 152 valence electrons. The summed E-state index contributed by atoms with van der Waals surface area (Å²) < 4.78 is 32.1. The predicted molar refractivity (Wildman–Crippen MR) is 98.6 cm³/mol. The summed E-state index contributed by atoms with van der Waals surface area (Å²) in [6, 6.07) is 0. The number of hydrogen-bond acceptors (Lipinski definition) is 6. The smallest absolute Gasteiger partial charge is 0.662 e. The average Bonchev–Trinajstić information content (AvgIpc) is 2.67. The summed E-state index contributed by atoms with van der Waals surface area (Å²) in [7, 11) is 1.65. The molecular weight excluding hydrogens is 365 g/mol. The molecule has 0 amide bonds. The topological polar surface area (TPSA) is 69.5 Å². The van der Waals surface area contributed by atoms with Crippen molar-refractivity contribution < 1.29 is 79.8 Å². The molecule has 0 unspecified atom stereocenters. The molecule has 8 heteroatoms. The Morgan fingerprint density at radius 2 is 1.04 bits per heavy atom. The zero-order valence-corrected chi connectivity index (χ0v) is 20.5. The van der Waals surface area contributed by atoms with E-state index in [4.69, 9.17) is 28.4 Å². The van der Waals surface area contributed by atoms with E-state index in [1.54, 1.807) is 7.11 Å². The Labute approximate surface area is 202 Å². The van der Waals surface area contributed by atoms with Gasteiger partial charge in [-0.15, -0.1) is 13.1 Å². The molecule has 0 radical (unpaired) electrons. The van der Waals surface area contributed by atoms with Gasteiger partial charge in [-0.25, -0.2) is 0 Å². The molecule has 1 rings (SSSR count). The van der Waals surface area contributed by atoms with E-state index in [1.165, 1.54) is 0 Å². The predicted octanol–water partition coefficient (Wildman–Crippen LogP) is -0.718. The van der Waals surface area contributed by atoms with Gasteiger partial charge in [0.1, 0.15) is 0 Å². The number of ether oxygens (including phenoxy) is 6. The zero-order chi connectivity index (χ0) is 18.4. The zero-order valence-electron chi connectivity index (χ0n) is 17.4. The SMILES string of the molecule is CC.COCCOCCOCCOCCOCCOC1CC[N-]CC1.[K+]. The maximum Gasteiger partial charge on any atom is 1.00 e. The van der Waals surface area contributed by atoms with Gasteiger partial charge in [0.25, 0.3) is 0 Å². The summed E-state index contributed by atoms with van der Waals surface area (Å²) in [5, 5.41) is 4.30. The Morgan fingerprint density at radius 3 is 1.46 bits per heavy atom. The minimum absolute atomic E-state index is 0. The third-order valence-corrected chi connectivity index (χ3v) is 3.35. The van der Waals surface area contributed by atoms with Gasteiger partial charge in [0.2, 0.25) is 0 Å². The Kier molecular flexibility index (Phi) is 30.0. The van der Waals surface area contributed by atoms with Gasteiger partial charge in [-0.3, -0.25) is 0 Å². The van der Waals surface area contributed by atoms with E-state index >= 15 is 0 Å². The second-order valence-electron chi connectivity index (χ2n) is 5.18.